The quantitative estimate of drug-likeness (QED) is 0.488. The molecule has 0 spiro atoms. The maximum Gasteiger partial charge on any atom is 0.256 e. The Morgan fingerprint density at radius 3 is 2.52 bits per heavy atom. The van der Waals surface area contributed by atoms with Gasteiger partial charge in [-0.15, -0.1) is 0 Å². The van der Waals surface area contributed by atoms with Crippen LogP contribution in [0.5, 0.6) is 5.75 Å². The number of carbonyl (C=O) groups excluding carboxylic acids is 1. The van der Waals surface area contributed by atoms with Crippen molar-refractivity contribution >= 4 is 11.6 Å². The second-order valence-electron chi connectivity index (χ2n) is 9.48. The summed E-state index contributed by atoms with van der Waals surface area (Å²) >= 11 is 0. The van der Waals surface area contributed by atoms with Crippen molar-refractivity contribution in [2.75, 3.05) is 38.2 Å². The molecule has 1 N–H and O–H groups in total. The highest BCUT2D eigenvalue weighted by atomic mass is 16.5. The zero-order valence-corrected chi connectivity index (χ0v) is 19.7. The Bertz CT molecular complexity index is 655. The minimum absolute atomic E-state index is 0.00128. The van der Waals surface area contributed by atoms with Gasteiger partial charge in [0.05, 0.1) is 6.61 Å². The molecular formula is C26H42N2O3. The standard InChI is InChI=1S/C26H42N2O3/c1-3-19-31-26(15-8-10-22(2)21-26)25(29)27-23-11-13-24(14-12-23)30-20-9-18-28-16-6-4-5-7-17-28/h11-14,22H,3-10,15-21H2,1-2H3,(H,27,29)/t22-,26+/m1/s1. The van der Waals surface area contributed by atoms with Gasteiger partial charge >= 0.3 is 0 Å². The van der Waals surface area contributed by atoms with Crippen LogP contribution < -0.4 is 10.1 Å². The van der Waals surface area contributed by atoms with Crippen LogP contribution in [0, 0.1) is 5.92 Å². The first-order valence-electron chi connectivity index (χ1n) is 12.5. The lowest BCUT2D eigenvalue weighted by atomic mass is 9.78. The summed E-state index contributed by atoms with van der Waals surface area (Å²) in [7, 11) is 0. The third-order valence-corrected chi connectivity index (χ3v) is 6.65. The highest BCUT2D eigenvalue weighted by Crippen LogP contribution is 2.36. The molecule has 1 amide bonds. The maximum atomic E-state index is 13.1. The van der Waals surface area contributed by atoms with Gasteiger partial charge in [-0.05, 0) is 88.2 Å². The van der Waals surface area contributed by atoms with Crippen molar-refractivity contribution in [1.82, 2.24) is 4.90 Å². The van der Waals surface area contributed by atoms with Gasteiger partial charge in [-0.1, -0.05) is 33.1 Å². The van der Waals surface area contributed by atoms with E-state index in [-0.39, 0.29) is 5.91 Å². The molecule has 1 aliphatic heterocycles. The van der Waals surface area contributed by atoms with Crippen molar-refractivity contribution in [3.63, 3.8) is 0 Å². The molecule has 2 aliphatic rings. The fourth-order valence-electron chi connectivity index (χ4n) is 4.92. The van der Waals surface area contributed by atoms with Gasteiger partial charge in [-0.25, -0.2) is 0 Å². The van der Waals surface area contributed by atoms with Crippen molar-refractivity contribution < 1.29 is 14.3 Å². The third-order valence-electron chi connectivity index (χ3n) is 6.65. The first kappa shape index (κ1) is 24.1. The van der Waals surface area contributed by atoms with Gasteiger partial charge in [0, 0.05) is 18.8 Å². The second-order valence-corrected chi connectivity index (χ2v) is 9.48. The van der Waals surface area contributed by atoms with E-state index in [0.29, 0.717) is 12.5 Å². The zero-order valence-electron chi connectivity index (χ0n) is 19.7. The number of benzene rings is 1. The number of rotatable bonds is 10. The summed E-state index contributed by atoms with van der Waals surface area (Å²) in [5, 5.41) is 3.10. The summed E-state index contributed by atoms with van der Waals surface area (Å²) < 4.78 is 12.1. The SMILES string of the molecule is CCCO[C@@]1(C(=O)Nc2ccc(OCCCN3CCCCCC3)cc2)CCC[C@@H](C)C1. The van der Waals surface area contributed by atoms with Gasteiger partial charge in [0.25, 0.3) is 5.91 Å². The van der Waals surface area contributed by atoms with Crippen molar-refractivity contribution in [2.24, 2.45) is 5.92 Å². The smallest absolute Gasteiger partial charge is 0.256 e. The Labute approximate surface area is 188 Å². The summed E-state index contributed by atoms with van der Waals surface area (Å²) in [5.41, 5.74) is 0.121. The second kappa shape index (κ2) is 12.4. The van der Waals surface area contributed by atoms with E-state index < -0.39 is 5.60 Å². The zero-order chi connectivity index (χ0) is 21.9. The molecule has 2 atom stereocenters. The van der Waals surface area contributed by atoms with Gasteiger partial charge in [-0.2, -0.15) is 0 Å². The molecule has 0 bridgehead atoms. The molecule has 0 radical (unpaired) electrons. The molecule has 1 saturated heterocycles. The lowest BCUT2D eigenvalue weighted by molar-refractivity contribution is -0.148. The molecule has 2 fully saturated rings. The molecule has 1 heterocycles. The predicted octanol–water partition coefficient (Wildman–Crippen LogP) is 5.65. The number of nitrogens with one attached hydrogen (secondary N) is 1. The van der Waals surface area contributed by atoms with E-state index in [1.54, 1.807) is 0 Å². The Kier molecular flexibility index (Phi) is 9.66. The van der Waals surface area contributed by atoms with Crippen molar-refractivity contribution in [3.05, 3.63) is 24.3 Å². The van der Waals surface area contributed by atoms with Crippen LogP contribution in [0.2, 0.25) is 0 Å². The number of nitrogens with zero attached hydrogens (tertiary/aromatic N) is 1. The lowest BCUT2D eigenvalue weighted by Crippen LogP contribution is -2.48. The fourth-order valence-corrected chi connectivity index (χ4v) is 4.92. The summed E-state index contributed by atoms with van der Waals surface area (Å²) in [5.74, 6) is 1.37. The van der Waals surface area contributed by atoms with E-state index in [2.05, 4.69) is 24.1 Å². The number of amides is 1. The summed E-state index contributed by atoms with van der Waals surface area (Å²) in [6.07, 6.45) is 11.2. The number of likely N-dealkylation sites (tertiary alicyclic amines) is 1. The van der Waals surface area contributed by atoms with Crippen LogP contribution in [-0.4, -0.2) is 49.3 Å². The topological polar surface area (TPSA) is 50.8 Å². The van der Waals surface area contributed by atoms with E-state index in [4.69, 9.17) is 9.47 Å². The molecule has 1 aliphatic carbocycles. The average molecular weight is 431 g/mol. The Balaban J connectivity index is 1.45. The van der Waals surface area contributed by atoms with Gasteiger partial charge < -0.3 is 19.7 Å². The molecule has 31 heavy (non-hydrogen) atoms. The van der Waals surface area contributed by atoms with Crippen molar-refractivity contribution in [2.45, 2.75) is 83.7 Å². The van der Waals surface area contributed by atoms with Gasteiger partial charge in [0.1, 0.15) is 11.4 Å². The van der Waals surface area contributed by atoms with Crippen LogP contribution in [0.4, 0.5) is 5.69 Å². The molecular weight excluding hydrogens is 388 g/mol. The summed E-state index contributed by atoms with van der Waals surface area (Å²) in [6, 6.07) is 7.76. The van der Waals surface area contributed by atoms with Crippen LogP contribution >= 0.6 is 0 Å². The molecule has 5 nitrogen and oxygen atoms in total. The van der Waals surface area contributed by atoms with Crippen LogP contribution in [0.3, 0.4) is 0 Å². The molecule has 174 valence electrons. The number of hydrogen-bond acceptors (Lipinski definition) is 4. The summed E-state index contributed by atoms with van der Waals surface area (Å²) in [6.45, 7) is 9.25. The molecule has 1 saturated carbocycles. The molecule has 1 aromatic rings. The van der Waals surface area contributed by atoms with Crippen LogP contribution in [-0.2, 0) is 9.53 Å². The van der Waals surface area contributed by atoms with E-state index >= 15 is 0 Å². The Hall–Kier alpha value is -1.59. The van der Waals surface area contributed by atoms with E-state index in [9.17, 15) is 4.79 Å². The fraction of sp³-hybridized carbons (Fsp3) is 0.731. The Morgan fingerprint density at radius 2 is 1.84 bits per heavy atom. The van der Waals surface area contributed by atoms with E-state index in [0.717, 1.165) is 56.7 Å². The normalized spacial score (nSPS) is 25.0. The van der Waals surface area contributed by atoms with Gasteiger partial charge in [0.15, 0.2) is 0 Å². The van der Waals surface area contributed by atoms with E-state index in [1.807, 2.05) is 24.3 Å². The number of hydrogen-bond donors (Lipinski definition) is 1. The van der Waals surface area contributed by atoms with Crippen LogP contribution in [0.1, 0.15) is 78.1 Å². The largest absolute Gasteiger partial charge is 0.494 e. The summed E-state index contributed by atoms with van der Waals surface area (Å²) in [4.78, 5) is 15.7. The van der Waals surface area contributed by atoms with Gasteiger partial charge in [-0.3, -0.25) is 4.79 Å². The van der Waals surface area contributed by atoms with Crippen molar-refractivity contribution in [3.8, 4) is 5.75 Å². The third kappa shape index (κ3) is 7.50. The molecule has 5 heteroatoms. The minimum Gasteiger partial charge on any atom is -0.494 e. The Morgan fingerprint density at radius 1 is 1.10 bits per heavy atom. The first-order chi connectivity index (χ1) is 15.1. The monoisotopic (exact) mass is 430 g/mol. The van der Waals surface area contributed by atoms with Crippen LogP contribution in [0.25, 0.3) is 0 Å². The number of anilines is 1. The molecule has 0 aromatic heterocycles. The highest BCUT2D eigenvalue weighted by Gasteiger charge is 2.42. The number of carbonyl (C=O) groups is 1. The predicted molar refractivity (Wildman–Crippen MR) is 127 cm³/mol. The highest BCUT2D eigenvalue weighted by molar-refractivity contribution is 5.97. The molecule has 3 rings (SSSR count). The van der Waals surface area contributed by atoms with Crippen molar-refractivity contribution in [1.29, 1.82) is 0 Å². The maximum absolute atomic E-state index is 13.1. The minimum atomic E-state index is -0.684. The number of ether oxygens (including phenoxy) is 2. The lowest BCUT2D eigenvalue weighted by Gasteiger charge is -2.38. The van der Waals surface area contributed by atoms with Gasteiger partial charge in [0.2, 0.25) is 0 Å². The van der Waals surface area contributed by atoms with Crippen LogP contribution in [0.15, 0.2) is 24.3 Å². The molecule has 0 unspecified atom stereocenters. The average Bonchev–Trinajstić information content (AvgIpc) is 3.05. The first-order valence-corrected chi connectivity index (χ1v) is 12.5. The molecule has 1 aromatic carbocycles. The van der Waals surface area contributed by atoms with E-state index in [1.165, 1.54) is 45.2 Å².